The number of amides is 1. The number of carbonyl (C=O) groups excluding carboxylic acids is 1. The molecule has 1 aromatic carbocycles. The zero-order chi connectivity index (χ0) is 21.6. The molecule has 8 nitrogen and oxygen atoms in total. The van der Waals surface area contributed by atoms with Gasteiger partial charge in [0.2, 0.25) is 5.88 Å². The number of hydrogen-bond acceptors (Lipinski definition) is 7. The first-order valence-corrected chi connectivity index (χ1v) is 10.9. The van der Waals surface area contributed by atoms with Crippen LogP contribution in [0.4, 0.5) is 5.69 Å². The van der Waals surface area contributed by atoms with Crippen LogP contribution in [0.25, 0.3) is 0 Å². The van der Waals surface area contributed by atoms with Crippen LogP contribution in [0.15, 0.2) is 36.5 Å². The molecule has 1 unspecified atom stereocenters. The molecule has 8 heteroatoms. The van der Waals surface area contributed by atoms with E-state index in [2.05, 4.69) is 38.7 Å². The second kappa shape index (κ2) is 7.87. The summed E-state index contributed by atoms with van der Waals surface area (Å²) < 4.78 is 5.73. The van der Waals surface area contributed by atoms with E-state index in [1.54, 1.807) is 6.07 Å². The Morgan fingerprint density at radius 1 is 1.29 bits per heavy atom. The quantitative estimate of drug-likeness (QED) is 0.519. The third kappa shape index (κ3) is 3.92. The highest BCUT2D eigenvalue weighted by atomic mass is 16.5. The Bertz CT molecular complexity index is 993. The van der Waals surface area contributed by atoms with Crippen molar-refractivity contribution in [2.75, 3.05) is 18.4 Å². The average molecular weight is 425 g/mol. The maximum atomic E-state index is 12.2. The van der Waals surface area contributed by atoms with E-state index in [4.69, 9.17) is 4.74 Å². The number of hydrogen-bond donors (Lipinski definition) is 4. The Morgan fingerprint density at radius 2 is 2.06 bits per heavy atom. The number of rotatable bonds is 6. The van der Waals surface area contributed by atoms with E-state index in [1.165, 1.54) is 17.3 Å². The Kier molecular flexibility index (Phi) is 5.18. The Morgan fingerprint density at radius 3 is 2.84 bits per heavy atom. The fourth-order valence-corrected chi connectivity index (χ4v) is 4.33. The highest BCUT2D eigenvalue weighted by Gasteiger charge is 2.55. The van der Waals surface area contributed by atoms with E-state index in [1.807, 2.05) is 13.0 Å². The number of aliphatic hydroxyl groups excluding tert-OH is 2. The fourth-order valence-electron chi connectivity index (χ4n) is 4.33. The summed E-state index contributed by atoms with van der Waals surface area (Å²) in [6.45, 7) is 3.94. The van der Waals surface area contributed by atoms with E-state index in [0.717, 1.165) is 19.5 Å². The highest BCUT2D eigenvalue weighted by Crippen LogP contribution is 2.46. The molecule has 3 atom stereocenters. The zero-order valence-electron chi connectivity index (χ0n) is 17.5. The molecule has 2 aliphatic heterocycles. The molecule has 31 heavy (non-hydrogen) atoms. The van der Waals surface area contributed by atoms with Crippen LogP contribution in [-0.4, -0.2) is 56.8 Å². The third-order valence-electron chi connectivity index (χ3n) is 6.66. The number of ether oxygens (including phenoxy) is 1. The highest BCUT2D eigenvalue weighted by molar-refractivity contribution is 6.02. The maximum Gasteiger partial charge on any atom is 0.268 e. The molecule has 0 bridgehead atoms. The van der Waals surface area contributed by atoms with E-state index >= 15 is 0 Å². The molecule has 4 N–H and O–H groups in total. The Labute approximate surface area is 181 Å². The van der Waals surface area contributed by atoms with E-state index in [-0.39, 0.29) is 18.5 Å². The summed E-state index contributed by atoms with van der Waals surface area (Å²) in [5, 5.41) is 27.0. The van der Waals surface area contributed by atoms with Crippen LogP contribution in [-0.2, 0) is 17.8 Å². The summed E-state index contributed by atoms with van der Waals surface area (Å²) >= 11 is 0. The SMILES string of the molecule is C[C@@H]([C@@H](O)CNC(O)c1cnc2c(c1)NC(=O)C1(CC1)O2)N1CCc2ccccc2C1. The van der Waals surface area contributed by atoms with Crippen molar-refractivity contribution in [2.45, 2.75) is 56.7 Å². The van der Waals surface area contributed by atoms with Crippen LogP contribution < -0.4 is 15.4 Å². The van der Waals surface area contributed by atoms with Gasteiger partial charge in [0, 0.05) is 50.3 Å². The molecule has 3 heterocycles. The lowest BCUT2D eigenvalue weighted by molar-refractivity contribution is -0.125. The van der Waals surface area contributed by atoms with Gasteiger partial charge in [0.1, 0.15) is 11.9 Å². The van der Waals surface area contributed by atoms with Gasteiger partial charge in [-0.15, -0.1) is 0 Å². The summed E-state index contributed by atoms with van der Waals surface area (Å²) in [5.74, 6) is 0.223. The van der Waals surface area contributed by atoms with Gasteiger partial charge in [-0.05, 0) is 30.5 Å². The van der Waals surface area contributed by atoms with Crippen LogP contribution in [0.2, 0.25) is 0 Å². The summed E-state index contributed by atoms with van der Waals surface area (Å²) in [7, 11) is 0. The second-order valence-electron chi connectivity index (χ2n) is 8.78. The van der Waals surface area contributed by atoms with Crippen LogP contribution >= 0.6 is 0 Å². The molecule has 0 saturated heterocycles. The smallest absolute Gasteiger partial charge is 0.268 e. The molecule has 1 saturated carbocycles. The van der Waals surface area contributed by atoms with E-state index in [9.17, 15) is 15.0 Å². The number of nitrogens with zero attached hydrogens (tertiary/aromatic N) is 2. The van der Waals surface area contributed by atoms with Crippen LogP contribution in [0, 0.1) is 0 Å². The monoisotopic (exact) mass is 424 g/mol. The largest absolute Gasteiger partial charge is 0.459 e. The lowest BCUT2D eigenvalue weighted by Crippen LogP contribution is -2.48. The minimum atomic E-state index is -1.02. The summed E-state index contributed by atoms with van der Waals surface area (Å²) in [6.07, 6.45) is 2.23. The molecular formula is C23H28N4O4. The lowest BCUT2D eigenvalue weighted by atomic mass is 9.97. The van der Waals surface area contributed by atoms with Gasteiger partial charge in [0.05, 0.1) is 6.10 Å². The number of pyridine rings is 1. The summed E-state index contributed by atoms with van der Waals surface area (Å²) in [5.41, 5.74) is 2.90. The van der Waals surface area contributed by atoms with Crippen molar-refractivity contribution in [2.24, 2.45) is 0 Å². The zero-order valence-corrected chi connectivity index (χ0v) is 17.5. The standard InChI is InChI=1S/C23H28N4O4/c1-14(27-9-6-15-4-2-3-5-16(15)13-27)19(28)12-24-20(29)17-10-18-21(25-11-17)31-23(7-8-23)22(30)26-18/h2-5,10-11,14,19-20,24,28-29H,6-9,12-13H2,1H3,(H,26,30)/t14-,19-,20?/m0/s1. The minimum Gasteiger partial charge on any atom is -0.459 e. The topological polar surface area (TPSA) is 107 Å². The predicted octanol–water partition coefficient (Wildman–Crippen LogP) is 1.33. The summed E-state index contributed by atoms with van der Waals surface area (Å²) in [4.78, 5) is 18.7. The van der Waals surface area contributed by atoms with Crippen molar-refractivity contribution in [1.82, 2.24) is 15.2 Å². The molecule has 1 amide bonds. The number of nitrogens with one attached hydrogen (secondary N) is 2. The normalized spacial score (nSPS) is 22.0. The molecule has 3 aliphatic rings. The molecule has 1 fully saturated rings. The van der Waals surface area contributed by atoms with Gasteiger partial charge in [-0.1, -0.05) is 24.3 Å². The first-order chi connectivity index (χ1) is 14.9. The summed E-state index contributed by atoms with van der Waals surface area (Å²) in [6, 6.07) is 10.0. The van der Waals surface area contributed by atoms with Gasteiger partial charge < -0.3 is 20.3 Å². The van der Waals surface area contributed by atoms with Crippen molar-refractivity contribution in [3.63, 3.8) is 0 Å². The average Bonchev–Trinajstić information content (AvgIpc) is 3.57. The van der Waals surface area contributed by atoms with Gasteiger partial charge in [-0.2, -0.15) is 0 Å². The first kappa shape index (κ1) is 20.4. The number of carbonyl (C=O) groups is 1. The first-order valence-electron chi connectivity index (χ1n) is 10.9. The van der Waals surface area contributed by atoms with Crippen molar-refractivity contribution >= 4 is 11.6 Å². The fraction of sp³-hybridized carbons (Fsp3) is 0.478. The van der Waals surface area contributed by atoms with Crippen LogP contribution in [0.1, 0.15) is 42.7 Å². The van der Waals surface area contributed by atoms with E-state index in [0.29, 0.717) is 30.0 Å². The number of benzene rings is 1. The Hall–Kier alpha value is -2.52. The van der Waals surface area contributed by atoms with Gasteiger partial charge in [-0.3, -0.25) is 15.0 Å². The lowest BCUT2D eigenvalue weighted by Gasteiger charge is -2.36. The molecular weight excluding hydrogens is 396 g/mol. The number of aliphatic hydroxyl groups is 2. The van der Waals surface area contributed by atoms with Crippen LogP contribution in [0.3, 0.4) is 0 Å². The number of fused-ring (bicyclic) bond motifs is 2. The number of aromatic nitrogens is 1. The minimum absolute atomic E-state index is 0.0582. The maximum absolute atomic E-state index is 12.2. The molecule has 0 radical (unpaired) electrons. The molecule has 1 spiro atoms. The van der Waals surface area contributed by atoms with Crippen molar-refractivity contribution in [3.05, 3.63) is 53.2 Å². The third-order valence-corrected chi connectivity index (χ3v) is 6.66. The van der Waals surface area contributed by atoms with Gasteiger partial charge in [-0.25, -0.2) is 4.98 Å². The number of anilines is 1. The molecule has 164 valence electrons. The second-order valence-corrected chi connectivity index (χ2v) is 8.78. The molecule has 2 aromatic rings. The van der Waals surface area contributed by atoms with Gasteiger partial charge in [0.25, 0.3) is 5.91 Å². The molecule has 1 aliphatic carbocycles. The van der Waals surface area contributed by atoms with Gasteiger partial charge in [0.15, 0.2) is 5.60 Å². The molecule has 5 rings (SSSR count). The predicted molar refractivity (Wildman–Crippen MR) is 114 cm³/mol. The van der Waals surface area contributed by atoms with Gasteiger partial charge >= 0.3 is 0 Å². The van der Waals surface area contributed by atoms with Crippen molar-refractivity contribution in [3.8, 4) is 5.88 Å². The van der Waals surface area contributed by atoms with Crippen molar-refractivity contribution in [1.29, 1.82) is 0 Å². The Balaban J connectivity index is 1.17. The van der Waals surface area contributed by atoms with E-state index < -0.39 is 17.9 Å². The van der Waals surface area contributed by atoms with Crippen LogP contribution in [0.5, 0.6) is 5.88 Å². The van der Waals surface area contributed by atoms with Crippen molar-refractivity contribution < 1.29 is 19.7 Å². The molecule has 1 aromatic heterocycles.